The molecule has 0 amide bonds. The van der Waals surface area contributed by atoms with E-state index in [1.54, 1.807) is 12.1 Å². The van der Waals surface area contributed by atoms with Gasteiger partial charge in [-0.1, -0.05) is 25.4 Å². The maximum atomic E-state index is 9.66. The van der Waals surface area contributed by atoms with E-state index >= 15 is 0 Å². The van der Waals surface area contributed by atoms with Crippen LogP contribution in [-0.2, 0) is 0 Å². The van der Waals surface area contributed by atoms with Crippen LogP contribution in [0.4, 0.5) is 5.69 Å². The molecule has 0 spiro atoms. The van der Waals surface area contributed by atoms with Gasteiger partial charge in [0.1, 0.15) is 6.07 Å². The fourth-order valence-electron chi connectivity index (χ4n) is 2.05. The molecule has 1 fully saturated rings. The standard InChI is InChI=1S/C13H15ClN2O/c1-13(2)11(6-12(13)17)16-9-3-4-10(14)8(5-9)7-15/h3-5,11-12,16-17H,6H2,1-2H3. The maximum Gasteiger partial charge on any atom is 0.101 e. The zero-order valence-corrected chi connectivity index (χ0v) is 10.6. The summed E-state index contributed by atoms with van der Waals surface area (Å²) >= 11 is 5.87. The Morgan fingerprint density at radius 3 is 2.76 bits per heavy atom. The summed E-state index contributed by atoms with van der Waals surface area (Å²) in [5.41, 5.74) is 1.21. The summed E-state index contributed by atoms with van der Waals surface area (Å²) in [4.78, 5) is 0. The Balaban J connectivity index is 2.13. The monoisotopic (exact) mass is 250 g/mol. The molecule has 3 nitrogen and oxygen atoms in total. The average Bonchev–Trinajstić information content (AvgIpc) is 2.31. The first-order valence-electron chi connectivity index (χ1n) is 5.59. The topological polar surface area (TPSA) is 56.0 Å². The first kappa shape index (κ1) is 12.2. The van der Waals surface area contributed by atoms with Gasteiger partial charge in [-0.2, -0.15) is 5.26 Å². The molecule has 0 radical (unpaired) electrons. The van der Waals surface area contributed by atoms with Crippen LogP contribution in [0.3, 0.4) is 0 Å². The number of benzene rings is 1. The second-order valence-corrected chi connectivity index (χ2v) is 5.48. The molecule has 2 rings (SSSR count). The van der Waals surface area contributed by atoms with Crippen molar-refractivity contribution in [2.45, 2.75) is 32.4 Å². The van der Waals surface area contributed by atoms with Crippen molar-refractivity contribution in [1.29, 1.82) is 5.26 Å². The molecule has 90 valence electrons. The van der Waals surface area contributed by atoms with Gasteiger partial charge in [-0.25, -0.2) is 0 Å². The van der Waals surface area contributed by atoms with Crippen LogP contribution in [-0.4, -0.2) is 17.3 Å². The first-order valence-corrected chi connectivity index (χ1v) is 5.97. The molecule has 1 aliphatic rings. The molecule has 1 saturated carbocycles. The van der Waals surface area contributed by atoms with Crippen molar-refractivity contribution in [2.75, 3.05) is 5.32 Å². The lowest BCUT2D eigenvalue weighted by Gasteiger charge is -2.49. The predicted octanol–water partition coefficient (Wildman–Crippen LogP) is 2.78. The van der Waals surface area contributed by atoms with Crippen molar-refractivity contribution in [3.8, 4) is 6.07 Å². The van der Waals surface area contributed by atoms with Crippen molar-refractivity contribution in [3.63, 3.8) is 0 Å². The highest BCUT2D eigenvalue weighted by Crippen LogP contribution is 2.42. The number of rotatable bonds is 2. The van der Waals surface area contributed by atoms with Crippen molar-refractivity contribution >= 4 is 17.3 Å². The Hall–Kier alpha value is -1.24. The summed E-state index contributed by atoms with van der Waals surface area (Å²) in [6, 6.07) is 7.58. The Bertz CT molecular complexity index is 479. The number of halogens is 1. The molecule has 1 aliphatic carbocycles. The Morgan fingerprint density at radius 1 is 1.53 bits per heavy atom. The predicted molar refractivity (Wildman–Crippen MR) is 68.0 cm³/mol. The van der Waals surface area contributed by atoms with E-state index in [1.165, 1.54) is 0 Å². The lowest BCUT2D eigenvalue weighted by atomic mass is 9.64. The van der Waals surface area contributed by atoms with Gasteiger partial charge in [0.05, 0.1) is 16.7 Å². The van der Waals surface area contributed by atoms with Gasteiger partial charge in [0.25, 0.3) is 0 Å². The third-order valence-corrected chi connectivity index (χ3v) is 3.97. The van der Waals surface area contributed by atoms with Gasteiger partial charge in [-0.05, 0) is 24.6 Å². The Kier molecular flexibility index (Phi) is 3.03. The highest BCUT2D eigenvalue weighted by Gasteiger charge is 2.47. The summed E-state index contributed by atoms with van der Waals surface area (Å²) in [5.74, 6) is 0. The van der Waals surface area contributed by atoms with Crippen molar-refractivity contribution in [2.24, 2.45) is 5.41 Å². The summed E-state index contributed by atoms with van der Waals surface area (Å²) < 4.78 is 0. The minimum atomic E-state index is -0.261. The molecule has 17 heavy (non-hydrogen) atoms. The second kappa shape index (κ2) is 4.21. The third kappa shape index (κ3) is 2.11. The molecule has 0 aromatic heterocycles. The van der Waals surface area contributed by atoms with Gasteiger partial charge in [-0.3, -0.25) is 0 Å². The van der Waals surface area contributed by atoms with E-state index in [0.29, 0.717) is 10.6 Å². The molecule has 2 unspecified atom stereocenters. The van der Waals surface area contributed by atoms with E-state index in [-0.39, 0.29) is 17.6 Å². The van der Waals surface area contributed by atoms with E-state index in [4.69, 9.17) is 16.9 Å². The van der Waals surface area contributed by atoms with Crippen LogP contribution >= 0.6 is 11.6 Å². The molecular weight excluding hydrogens is 236 g/mol. The van der Waals surface area contributed by atoms with Crippen LogP contribution in [0.25, 0.3) is 0 Å². The van der Waals surface area contributed by atoms with Gasteiger partial charge in [0.15, 0.2) is 0 Å². The minimum absolute atomic E-state index is 0.132. The van der Waals surface area contributed by atoms with Crippen LogP contribution < -0.4 is 5.32 Å². The fraction of sp³-hybridized carbons (Fsp3) is 0.462. The summed E-state index contributed by atoms with van der Waals surface area (Å²) in [6.45, 7) is 4.06. The van der Waals surface area contributed by atoms with Crippen molar-refractivity contribution in [3.05, 3.63) is 28.8 Å². The third-order valence-electron chi connectivity index (χ3n) is 3.64. The summed E-state index contributed by atoms with van der Waals surface area (Å²) in [5, 5.41) is 22.3. The van der Waals surface area contributed by atoms with Crippen LogP contribution in [0.1, 0.15) is 25.8 Å². The molecule has 2 atom stereocenters. The quantitative estimate of drug-likeness (QED) is 0.849. The van der Waals surface area contributed by atoms with Crippen LogP contribution in [0.5, 0.6) is 0 Å². The normalized spacial score (nSPS) is 25.8. The van der Waals surface area contributed by atoms with Gasteiger partial charge in [-0.15, -0.1) is 0 Å². The number of aliphatic hydroxyl groups is 1. The van der Waals surface area contributed by atoms with E-state index < -0.39 is 0 Å². The Morgan fingerprint density at radius 2 is 2.24 bits per heavy atom. The number of nitrogens with one attached hydrogen (secondary N) is 1. The number of anilines is 1. The minimum Gasteiger partial charge on any atom is -0.392 e. The number of hydrogen-bond donors (Lipinski definition) is 2. The molecule has 0 saturated heterocycles. The molecule has 2 N–H and O–H groups in total. The molecular formula is C13H15ClN2O. The highest BCUT2D eigenvalue weighted by atomic mass is 35.5. The molecule has 0 bridgehead atoms. The van der Waals surface area contributed by atoms with E-state index in [2.05, 4.69) is 11.4 Å². The molecule has 1 aromatic carbocycles. The summed E-state index contributed by atoms with van der Waals surface area (Å²) in [6.07, 6.45) is 0.472. The van der Waals surface area contributed by atoms with Crippen LogP contribution in [0.2, 0.25) is 5.02 Å². The zero-order chi connectivity index (χ0) is 12.6. The smallest absolute Gasteiger partial charge is 0.101 e. The second-order valence-electron chi connectivity index (χ2n) is 5.08. The SMILES string of the molecule is CC1(C)C(O)CC1Nc1ccc(Cl)c(C#N)c1. The highest BCUT2D eigenvalue weighted by molar-refractivity contribution is 6.31. The number of aliphatic hydroxyl groups excluding tert-OH is 1. The molecule has 4 heteroatoms. The largest absolute Gasteiger partial charge is 0.392 e. The number of nitrogens with zero attached hydrogens (tertiary/aromatic N) is 1. The fourth-order valence-corrected chi connectivity index (χ4v) is 2.21. The maximum absolute atomic E-state index is 9.66. The van der Waals surface area contributed by atoms with Gasteiger partial charge in [0, 0.05) is 17.1 Å². The lowest BCUT2D eigenvalue weighted by Crippen LogP contribution is -2.56. The first-order chi connectivity index (χ1) is 7.95. The summed E-state index contributed by atoms with van der Waals surface area (Å²) in [7, 11) is 0. The number of hydrogen-bond acceptors (Lipinski definition) is 3. The lowest BCUT2D eigenvalue weighted by molar-refractivity contribution is -0.0510. The molecule has 1 aromatic rings. The van der Waals surface area contributed by atoms with Crippen LogP contribution in [0.15, 0.2) is 18.2 Å². The van der Waals surface area contributed by atoms with Crippen LogP contribution in [0, 0.1) is 16.7 Å². The number of nitriles is 1. The molecule has 0 heterocycles. The van der Waals surface area contributed by atoms with E-state index in [1.807, 2.05) is 19.9 Å². The average molecular weight is 251 g/mol. The van der Waals surface area contributed by atoms with Crippen molar-refractivity contribution < 1.29 is 5.11 Å². The zero-order valence-electron chi connectivity index (χ0n) is 9.87. The molecule has 0 aliphatic heterocycles. The van der Waals surface area contributed by atoms with E-state index in [0.717, 1.165) is 12.1 Å². The van der Waals surface area contributed by atoms with Gasteiger partial charge < -0.3 is 10.4 Å². The van der Waals surface area contributed by atoms with Gasteiger partial charge in [0.2, 0.25) is 0 Å². The Labute approximate surface area is 106 Å². The van der Waals surface area contributed by atoms with Gasteiger partial charge >= 0.3 is 0 Å². The van der Waals surface area contributed by atoms with Crippen molar-refractivity contribution in [1.82, 2.24) is 0 Å². The van der Waals surface area contributed by atoms with E-state index in [9.17, 15) is 5.11 Å².